The summed E-state index contributed by atoms with van der Waals surface area (Å²) in [5.74, 6) is 0.193. The Bertz CT molecular complexity index is 783. The molecule has 0 radical (unpaired) electrons. The molecule has 0 saturated heterocycles. The molecule has 0 aliphatic rings. The number of nitrogens with zero attached hydrogens (tertiary/aromatic N) is 2. The van der Waals surface area contributed by atoms with Crippen LogP contribution in [0, 0.1) is 5.82 Å². The van der Waals surface area contributed by atoms with Crippen molar-refractivity contribution in [1.82, 2.24) is 9.78 Å². The zero-order chi connectivity index (χ0) is 16.2. The van der Waals surface area contributed by atoms with Gasteiger partial charge in [0.25, 0.3) is 0 Å². The van der Waals surface area contributed by atoms with Crippen LogP contribution in [0.15, 0.2) is 67.0 Å². The number of hydrogen-bond donors (Lipinski definition) is 0. The quantitative estimate of drug-likeness (QED) is 0.709. The highest BCUT2D eigenvalue weighted by molar-refractivity contribution is 7.84. The Kier molecular flexibility index (Phi) is 4.67. The lowest BCUT2D eigenvalue weighted by Crippen LogP contribution is -2.05. The molecule has 23 heavy (non-hydrogen) atoms. The molecule has 0 saturated carbocycles. The van der Waals surface area contributed by atoms with Crippen molar-refractivity contribution in [3.05, 3.63) is 83.9 Å². The lowest BCUT2D eigenvalue weighted by molar-refractivity contribution is 0.626. The summed E-state index contributed by atoms with van der Waals surface area (Å²) in [6, 6.07) is 15.9. The summed E-state index contributed by atoms with van der Waals surface area (Å²) in [6.45, 7) is 1.90. The maximum absolute atomic E-state index is 13.0. The van der Waals surface area contributed by atoms with Crippen LogP contribution < -0.4 is 0 Å². The monoisotopic (exact) mass is 328 g/mol. The molecule has 5 heteroatoms. The molecule has 0 bridgehead atoms. The van der Waals surface area contributed by atoms with E-state index in [1.807, 2.05) is 43.5 Å². The third kappa shape index (κ3) is 3.74. The minimum atomic E-state index is -1.06. The fourth-order valence-corrected chi connectivity index (χ4v) is 3.57. The highest BCUT2D eigenvalue weighted by atomic mass is 32.2. The van der Waals surface area contributed by atoms with E-state index in [9.17, 15) is 8.60 Å². The molecule has 3 aromatic rings. The van der Waals surface area contributed by atoms with Crippen molar-refractivity contribution >= 4 is 10.8 Å². The minimum absolute atomic E-state index is 0.138. The van der Waals surface area contributed by atoms with Gasteiger partial charge in [0.2, 0.25) is 0 Å². The van der Waals surface area contributed by atoms with Crippen LogP contribution >= 0.6 is 0 Å². The van der Waals surface area contributed by atoms with Gasteiger partial charge < -0.3 is 0 Å². The summed E-state index contributed by atoms with van der Waals surface area (Å²) >= 11 is 0. The molecule has 3 nitrogen and oxygen atoms in total. The van der Waals surface area contributed by atoms with E-state index in [0.29, 0.717) is 5.75 Å². The van der Waals surface area contributed by atoms with E-state index in [1.165, 1.54) is 12.1 Å². The first kappa shape index (κ1) is 15.6. The molecule has 0 aliphatic carbocycles. The Hall–Kier alpha value is -2.27. The Morgan fingerprint density at radius 1 is 1.13 bits per heavy atom. The second-order valence-corrected chi connectivity index (χ2v) is 7.09. The Morgan fingerprint density at radius 2 is 1.83 bits per heavy atom. The van der Waals surface area contributed by atoms with Crippen LogP contribution in [0.4, 0.5) is 4.39 Å². The SMILES string of the molecule is C[C@H](c1ccc(F)cc1)[S@@](=O)Cc1ccc(-n2cccn2)cc1. The van der Waals surface area contributed by atoms with Crippen LogP contribution in [0.5, 0.6) is 0 Å². The molecule has 0 amide bonds. The van der Waals surface area contributed by atoms with E-state index in [0.717, 1.165) is 16.8 Å². The molecule has 3 rings (SSSR count). The van der Waals surface area contributed by atoms with Crippen LogP contribution in [0.2, 0.25) is 0 Å². The van der Waals surface area contributed by atoms with Gasteiger partial charge in [-0.25, -0.2) is 9.07 Å². The van der Waals surface area contributed by atoms with Crippen molar-refractivity contribution in [2.24, 2.45) is 0 Å². The summed E-state index contributed by atoms with van der Waals surface area (Å²) in [5.41, 5.74) is 2.86. The van der Waals surface area contributed by atoms with Gasteiger partial charge in [-0.15, -0.1) is 0 Å². The van der Waals surface area contributed by atoms with Gasteiger partial charge in [-0.05, 0) is 48.4 Å². The van der Waals surface area contributed by atoms with Crippen LogP contribution in [0.3, 0.4) is 0 Å². The smallest absolute Gasteiger partial charge is 0.123 e. The molecule has 0 N–H and O–H groups in total. The normalized spacial score (nSPS) is 13.7. The van der Waals surface area contributed by atoms with Gasteiger partial charge in [-0.3, -0.25) is 4.21 Å². The highest BCUT2D eigenvalue weighted by Crippen LogP contribution is 2.22. The van der Waals surface area contributed by atoms with Gasteiger partial charge in [-0.1, -0.05) is 24.3 Å². The van der Waals surface area contributed by atoms with Crippen molar-refractivity contribution in [1.29, 1.82) is 0 Å². The number of hydrogen-bond acceptors (Lipinski definition) is 2. The molecule has 118 valence electrons. The number of aromatic nitrogens is 2. The van der Waals surface area contributed by atoms with Crippen LogP contribution in [0.1, 0.15) is 23.3 Å². The van der Waals surface area contributed by atoms with Crippen molar-refractivity contribution in [3.63, 3.8) is 0 Å². The molecule has 1 aromatic heterocycles. The van der Waals surface area contributed by atoms with Crippen molar-refractivity contribution < 1.29 is 8.60 Å². The van der Waals surface area contributed by atoms with Gasteiger partial charge in [0.15, 0.2) is 0 Å². The highest BCUT2D eigenvalue weighted by Gasteiger charge is 2.14. The maximum atomic E-state index is 13.0. The predicted octanol–water partition coefficient (Wildman–Crippen LogP) is 4.02. The van der Waals surface area contributed by atoms with E-state index in [-0.39, 0.29) is 11.1 Å². The Balaban J connectivity index is 1.69. The predicted molar refractivity (Wildman–Crippen MR) is 90.2 cm³/mol. The average Bonchev–Trinajstić information content (AvgIpc) is 3.10. The zero-order valence-electron chi connectivity index (χ0n) is 12.7. The minimum Gasteiger partial charge on any atom is -0.259 e. The van der Waals surface area contributed by atoms with Gasteiger partial charge in [0, 0.05) is 28.9 Å². The van der Waals surface area contributed by atoms with E-state index in [4.69, 9.17) is 0 Å². The molecule has 1 heterocycles. The van der Waals surface area contributed by atoms with Gasteiger partial charge in [0.1, 0.15) is 5.82 Å². The lowest BCUT2D eigenvalue weighted by atomic mass is 10.2. The van der Waals surface area contributed by atoms with Crippen molar-refractivity contribution in [2.45, 2.75) is 17.9 Å². The molecule has 2 atom stereocenters. The molecule has 0 fully saturated rings. The van der Waals surface area contributed by atoms with Crippen LogP contribution in [-0.4, -0.2) is 14.0 Å². The van der Waals surface area contributed by atoms with Gasteiger partial charge >= 0.3 is 0 Å². The molecular weight excluding hydrogens is 311 g/mol. The van der Waals surface area contributed by atoms with Crippen LogP contribution in [-0.2, 0) is 16.6 Å². The van der Waals surface area contributed by atoms with E-state index >= 15 is 0 Å². The first-order valence-electron chi connectivity index (χ1n) is 7.35. The van der Waals surface area contributed by atoms with E-state index in [2.05, 4.69) is 5.10 Å². The second-order valence-electron chi connectivity index (χ2n) is 5.34. The number of rotatable bonds is 5. The molecular formula is C18H17FN2OS. The number of halogens is 1. The summed E-state index contributed by atoms with van der Waals surface area (Å²) in [7, 11) is -1.06. The third-order valence-electron chi connectivity index (χ3n) is 3.75. The summed E-state index contributed by atoms with van der Waals surface area (Å²) in [6.07, 6.45) is 3.61. The molecule has 0 unspecified atom stereocenters. The van der Waals surface area contributed by atoms with Crippen molar-refractivity contribution in [2.75, 3.05) is 0 Å². The molecule has 0 aliphatic heterocycles. The second kappa shape index (κ2) is 6.87. The first-order chi connectivity index (χ1) is 11.1. The lowest BCUT2D eigenvalue weighted by Gasteiger charge is -2.12. The summed E-state index contributed by atoms with van der Waals surface area (Å²) in [4.78, 5) is 0. The zero-order valence-corrected chi connectivity index (χ0v) is 13.5. The summed E-state index contributed by atoms with van der Waals surface area (Å²) < 4.78 is 27.3. The van der Waals surface area contributed by atoms with E-state index in [1.54, 1.807) is 23.0 Å². The average molecular weight is 328 g/mol. The standard InChI is InChI=1S/C18H17FN2OS/c1-14(16-5-7-17(19)8-6-16)23(22)13-15-3-9-18(10-4-15)21-12-2-11-20-21/h2-12,14H,13H2,1H3/t14-,23+/m1/s1. The van der Waals surface area contributed by atoms with Crippen molar-refractivity contribution in [3.8, 4) is 5.69 Å². The fourth-order valence-electron chi connectivity index (χ4n) is 2.34. The van der Waals surface area contributed by atoms with Gasteiger partial charge in [-0.2, -0.15) is 5.10 Å². The molecule has 2 aromatic carbocycles. The van der Waals surface area contributed by atoms with Crippen LogP contribution in [0.25, 0.3) is 5.69 Å². The topological polar surface area (TPSA) is 34.9 Å². The number of benzene rings is 2. The Labute approximate surface area is 137 Å². The largest absolute Gasteiger partial charge is 0.259 e. The van der Waals surface area contributed by atoms with Gasteiger partial charge in [0.05, 0.1) is 10.9 Å². The van der Waals surface area contributed by atoms with E-state index < -0.39 is 10.8 Å². The third-order valence-corrected chi connectivity index (χ3v) is 5.43. The molecule has 0 spiro atoms. The summed E-state index contributed by atoms with van der Waals surface area (Å²) in [5, 5.41) is 4.04. The fraction of sp³-hybridized carbons (Fsp3) is 0.167. The maximum Gasteiger partial charge on any atom is 0.123 e. The first-order valence-corrected chi connectivity index (χ1v) is 8.73. The Morgan fingerprint density at radius 3 is 2.43 bits per heavy atom.